The smallest absolute Gasteiger partial charge is 0.388 e. The van der Waals surface area contributed by atoms with Crippen molar-refractivity contribution in [1.82, 2.24) is 39.0 Å². The van der Waals surface area contributed by atoms with Crippen LogP contribution in [0.4, 0.5) is 27.9 Å². The van der Waals surface area contributed by atoms with E-state index in [2.05, 4.69) is 40.5 Å². The van der Waals surface area contributed by atoms with Crippen LogP contribution in [0.3, 0.4) is 0 Å². The third-order valence-corrected chi connectivity index (χ3v) is 15.8. The number of carbonyl (C=O) groups is 3. The Morgan fingerprint density at radius 1 is 0.699 bits per heavy atom. The highest BCUT2D eigenvalue weighted by Crippen LogP contribution is 2.56. The SMILES string of the molecule is CC(C)C(=O)Nc1nc(OC(=O)N(c2ccccc2)c2ccccc2)c2ncn(C3OC4CCP(=O)(O)OC5C(CCP(=O)(O)OC3C4C)OC(n3cnc4c(NC(=O)c6ccccc6)ncnc43)C5C)c2n1. The third kappa shape index (κ3) is 10.3. The van der Waals surface area contributed by atoms with Gasteiger partial charge in [0, 0.05) is 23.3 Å². The Balaban J connectivity index is 0.940. The predicted octanol–water partition coefficient (Wildman–Crippen LogP) is 7.85. The van der Waals surface area contributed by atoms with Gasteiger partial charge >= 0.3 is 21.3 Å². The summed E-state index contributed by atoms with van der Waals surface area (Å²) < 4.78 is 62.9. The molecule has 3 amide bonds. The van der Waals surface area contributed by atoms with Gasteiger partial charge in [-0.25, -0.2) is 29.6 Å². The number of nitrogens with zero attached hydrogens (tertiary/aromatic N) is 9. The Kier molecular flexibility index (Phi) is 13.8. The van der Waals surface area contributed by atoms with Crippen molar-refractivity contribution in [1.29, 1.82) is 0 Å². The molecule has 7 aromatic rings. The number of aromatic nitrogens is 8. The molecular formula is C48H51N11O12P2. The summed E-state index contributed by atoms with van der Waals surface area (Å²) in [7, 11) is -9.00. The molecule has 10 rings (SSSR count). The molecule has 0 spiro atoms. The number of hydrogen-bond donors (Lipinski definition) is 4. The molecule has 23 nitrogen and oxygen atoms in total. The fraction of sp³-hybridized carbons (Fsp3) is 0.354. The van der Waals surface area contributed by atoms with Gasteiger partial charge in [0.2, 0.25) is 11.9 Å². The third-order valence-electron chi connectivity index (χ3n) is 13.0. The Labute approximate surface area is 417 Å². The van der Waals surface area contributed by atoms with E-state index >= 15 is 0 Å². The maximum absolute atomic E-state index is 14.3. The Bertz CT molecular complexity index is 3240. The molecule has 0 aliphatic carbocycles. The molecule has 10 atom stereocenters. The molecule has 0 radical (unpaired) electrons. The number of benzene rings is 3. The fourth-order valence-corrected chi connectivity index (χ4v) is 12.0. The summed E-state index contributed by atoms with van der Waals surface area (Å²) in [6.45, 7) is 6.85. The summed E-state index contributed by atoms with van der Waals surface area (Å²) in [4.78, 5) is 91.6. The maximum Gasteiger partial charge on any atom is 0.425 e. The summed E-state index contributed by atoms with van der Waals surface area (Å²) in [6.07, 6.45) is -4.03. The van der Waals surface area contributed by atoms with Gasteiger partial charge in [-0.15, -0.1) is 0 Å². The average Bonchev–Trinajstić information content (AvgIpc) is 4.15. The number of hydrogen-bond acceptors (Lipinski definition) is 16. The molecule has 3 aliphatic heterocycles. The van der Waals surface area contributed by atoms with Crippen LogP contribution < -0.4 is 20.3 Å². The second-order valence-corrected chi connectivity index (χ2v) is 22.2. The van der Waals surface area contributed by atoms with E-state index in [-0.39, 0.29) is 53.3 Å². The lowest BCUT2D eigenvalue weighted by molar-refractivity contribution is -0.118. The Hall–Kier alpha value is -6.81. The summed E-state index contributed by atoms with van der Waals surface area (Å²) in [5.74, 6) is -3.04. The fourth-order valence-electron chi connectivity index (χ4n) is 9.22. The van der Waals surface area contributed by atoms with Crippen molar-refractivity contribution < 1.29 is 56.6 Å². The first kappa shape index (κ1) is 49.8. The zero-order valence-corrected chi connectivity index (χ0v) is 41.6. The number of amides is 3. The second kappa shape index (κ2) is 20.2. The highest BCUT2D eigenvalue weighted by atomic mass is 31.2. The highest BCUT2D eigenvalue weighted by Gasteiger charge is 2.51. The van der Waals surface area contributed by atoms with E-state index in [9.17, 15) is 33.3 Å². The Morgan fingerprint density at radius 3 is 1.92 bits per heavy atom. The monoisotopic (exact) mass is 1040 g/mol. The second-order valence-electron chi connectivity index (χ2n) is 18.3. The molecule has 73 heavy (non-hydrogen) atoms. The normalized spacial score (nSPS) is 27.4. The van der Waals surface area contributed by atoms with Crippen LogP contribution in [0, 0.1) is 17.8 Å². The van der Waals surface area contributed by atoms with Crippen molar-refractivity contribution in [3.63, 3.8) is 0 Å². The predicted molar refractivity (Wildman–Crippen MR) is 264 cm³/mol. The maximum atomic E-state index is 14.3. The van der Waals surface area contributed by atoms with Crippen molar-refractivity contribution >= 4 is 78.6 Å². The quantitative estimate of drug-likeness (QED) is 0.100. The standard InChI is InChI=1S/C48H51N11O12P2/c1-27(2)42(60)55-47-54-41-36(44(56-47)69-48(62)59(31-16-10-6-11-17-31)32-18-12-7-13-19-32)52-26-58(41)46-38-28(3)33(67-46)20-22-72(63,64)70-37-29(4)45(68-34(37)21-23-73(65,66)71-38)57-25-51-35-39(49-24-50-40(35)57)53-43(61)30-14-8-5-9-15-30/h5-19,24-29,33-34,37-38,45-46H,20-23H2,1-4H3,(H,63,64)(H,65,66)(H,49,50,53,61)(H,54,55,56,60). The molecule has 7 heterocycles. The molecule has 10 unspecified atom stereocenters. The van der Waals surface area contributed by atoms with E-state index in [1.54, 1.807) is 123 Å². The van der Waals surface area contributed by atoms with E-state index in [1.807, 2.05) is 0 Å². The summed E-state index contributed by atoms with van der Waals surface area (Å²) >= 11 is 0. The molecule has 3 fully saturated rings. The van der Waals surface area contributed by atoms with Crippen LogP contribution in [-0.2, 0) is 32.4 Å². The van der Waals surface area contributed by atoms with Crippen molar-refractivity contribution in [3.8, 4) is 5.88 Å². The summed E-state index contributed by atoms with van der Waals surface area (Å²) in [5.41, 5.74) is 1.91. The van der Waals surface area contributed by atoms with Gasteiger partial charge in [0.15, 0.2) is 34.4 Å². The van der Waals surface area contributed by atoms with Crippen molar-refractivity contribution in [2.45, 2.75) is 77.4 Å². The Morgan fingerprint density at radius 2 is 1.27 bits per heavy atom. The van der Waals surface area contributed by atoms with Crippen LogP contribution in [0.2, 0.25) is 0 Å². The lowest BCUT2D eigenvalue weighted by Gasteiger charge is -2.27. The zero-order valence-electron chi connectivity index (χ0n) is 39.8. The van der Waals surface area contributed by atoms with Gasteiger partial charge in [0.25, 0.3) is 11.8 Å². The van der Waals surface area contributed by atoms with Gasteiger partial charge in [-0.3, -0.25) is 33.2 Å². The largest absolute Gasteiger partial charge is 0.425 e. The number of anilines is 4. The van der Waals surface area contributed by atoms with Gasteiger partial charge in [-0.2, -0.15) is 9.97 Å². The van der Waals surface area contributed by atoms with Gasteiger partial charge in [0.1, 0.15) is 24.8 Å². The molecular weight excluding hydrogens is 985 g/mol. The number of imidazole rings is 2. The minimum absolute atomic E-state index is 0.00421. The number of nitrogens with one attached hydrogen (secondary N) is 2. The van der Waals surface area contributed by atoms with Gasteiger partial charge < -0.3 is 38.4 Å². The van der Waals surface area contributed by atoms with E-state index in [0.29, 0.717) is 22.6 Å². The molecule has 3 aliphatic rings. The molecule has 380 valence electrons. The molecule has 4 aromatic heterocycles. The first-order chi connectivity index (χ1) is 35.0. The lowest BCUT2D eigenvalue weighted by atomic mass is 9.99. The van der Waals surface area contributed by atoms with Crippen molar-refractivity contribution in [3.05, 3.63) is 116 Å². The van der Waals surface area contributed by atoms with E-state index < -0.39 is 93.9 Å². The van der Waals surface area contributed by atoms with E-state index in [0.717, 1.165) is 0 Å². The summed E-state index contributed by atoms with van der Waals surface area (Å²) in [6, 6.07) is 26.2. The van der Waals surface area contributed by atoms with Crippen LogP contribution in [0.5, 0.6) is 5.88 Å². The molecule has 3 saturated heterocycles. The van der Waals surface area contributed by atoms with Crippen LogP contribution in [-0.4, -0.2) is 103 Å². The molecule has 3 aromatic carbocycles. The van der Waals surface area contributed by atoms with Crippen LogP contribution in [0.1, 0.15) is 63.4 Å². The number of para-hydroxylation sites is 2. The van der Waals surface area contributed by atoms with Gasteiger partial charge in [0.05, 0.1) is 48.6 Å². The van der Waals surface area contributed by atoms with Crippen LogP contribution in [0.15, 0.2) is 110 Å². The first-order valence-electron chi connectivity index (χ1n) is 23.6. The number of ether oxygens (including phenoxy) is 3. The number of fused-ring (bicyclic) bond motifs is 5. The molecule has 4 N–H and O–H groups in total. The van der Waals surface area contributed by atoms with Crippen molar-refractivity contribution in [2.75, 3.05) is 27.9 Å². The number of carbonyl (C=O) groups excluding carboxylic acids is 3. The van der Waals surface area contributed by atoms with E-state index in [4.69, 9.17) is 23.3 Å². The van der Waals surface area contributed by atoms with Crippen LogP contribution >= 0.6 is 15.2 Å². The molecule has 0 saturated carbocycles. The average molecular weight is 1040 g/mol. The molecule has 2 bridgehead atoms. The van der Waals surface area contributed by atoms with Gasteiger partial charge in [-0.05, 0) is 49.2 Å². The minimum Gasteiger partial charge on any atom is -0.388 e. The lowest BCUT2D eigenvalue weighted by Crippen LogP contribution is -2.30. The first-order valence-corrected chi connectivity index (χ1v) is 27.1. The molecule has 25 heteroatoms. The van der Waals surface area contributed by atoms with Crippen LogP contribution in [0.25, 0.3) is 22.3 Å². The topological polar surface area (TPSA) is 286 Å². The van der Waals surface area contributed by atoms with Crippen molar-refractivity contribution in [2.24, 2.45) is 17.8 Å². The number of rotatable bonds is 9. The zero-order chi connectivity index (χ0) is 51.2. The minimum atomic E-state index is -4.56. The highest BCUT2D eigenvalue weighted by molar-refractivity contribution is 7.53. The summed E-state index contributed by atoms with van der Waals surface area (Å²) in [5, 5.41) is 5.44. The van der Waals surface area contributed by atoms with E-state index in [1.165, 1.54) is 28.4 Å². The van der Waals surface area contributed by atoms with Gasteiger partial charge in [-0.1, -0.05) is 82.3 Å².